The predicted molar refractivity (Wildman–Crippen MR) is 57.9 cm³/mol. The second-order valence-corrected chi connectivity index (χ2v) is 4.01. The van der Waals surface area contributed by atoms with Crippen LogP contribution >= 0.6 is 0 Å². The van der Waals surface area contributed by atoms with E-state index < -0.39 is 5.97 Å². The van der Waals surface area contributed by atoms with Crippen LogP contribution in [0.15, 0.2) is 0 Å². The highest BCUT2D eigenvalue weighted by molar-refractivity contribution is 5.68. The quantitative estimate of drug-likeness (QED) is 0.680. The highest BCUT2D eigenvalue weighted by atomic mass is 16.5. The molecule has 1 rings (SSSR count). The minimum atomic E-state index is -0.906. The van der Waals surface area contributed by atoms with Gasteiger partial charge in [-0.2, -0.15) is 5.26 Å². The molecule has 5 heteroatoms. The van der Waals surface area contributed by atoms with Gasteiger partial charge < -0.3 is 14.7 Å². The molecule has 0 amide bonds. The second-order valence-electron chi connectivity index (χ2n) is 4.01. The number of ether oxygens (including phenoxy) is 1. The first kappa shape index (κ1) is 12.9. The second kappa shape index (κ2) is 7.20. The summed E-state index contributed by atoms with van der Waals surface area (Å²) in [6.07, 6.45) is 3.38. The van der Waals surface area contributed by atoms with Crippen LogP contribution in [0.25, 0.3) is 0 Å². The lowest BCUT2D eigenvalue weighted by Gasteiger charge is -2.31. The summed E-state index contributed by atoms with van der Waals surface area (Å²) in [6.45, 7) is 2.64. The Hall–Kier alpha value is -1.12. The number of carboxylic acid groups (broad SMARTS) is 1. The Bertz CT molecular complexity index is 254. The van der Waals surface area contributed by atoms with E-state index in [1.54, 1.807) is 0 Å². The highest BCUT2D eigenvalue weighted by Crippen LogP contribution is 2.13. The van der Waals surface area contributed by atoms with E-state index in [1.807, 2.05) is 0 Å². The van der Waals surface area contributed by atoms with Crippen molar-refractivity contribution in [3.8, 4) is 6.07 Å². The molecule has 5 nitrogen and oxygen atoms in total. The van der Waals surface area contributed by atoms with Crippen molar-refractivity contribution in [2.24, 2.45) is 0 Å². The maximum absolute atomic E-state index is 10.3. The normalized spacial score (nSPS) is 18.2. The van der Waals surface area contributed by atoms with Crippen LogP contribution in [0.3, 0.4) is 0 Å². The van der Waals surface area contributed by atoms with Crippen LogP contribution in [0.1, 0.15) is 25.7 Å². The maximum atomic E-state index is 10.3. The molecule has 1 N–H and O–H groups in total. The first-order chi connectivity index (χ1) is 7.72. The molecule has 0 aliphatic carbocycles. The maximum Gasteiger partial charge on any atom is 0.329 e. The zero-order valence-corrected chi connectivity index (χ0v) is 9.39. The van der Waals surface area contributed by atoms with E-state index >= 15 is 0 Å². The summed E-state index contributed by atoms with van der Waals surface area (Å²) < 4.78 is 5.24. The monoisotopic (exact) mass is 226 g/mol. The van der Waals surface area contributed by atoms with Gasteiger partial charge in [0.25, 0.3) is 0 Å². The van der Waals surface area contributed by atoms with Gasteiger partial charge in [0.2, 0.25) is 0 Å². The van der Waals surface area contributed by atoms with Crippen LogP contribution in [-0.4, -0.2) is 48.3 Å². The third kappa shape index (κ3) is 5.10. The van der Waals surface area contributed by atoms with Crippen LogP contribution in [-0.2, 0) is 9.53 Å². The minimum Gasteiger partial charge on any atom is -0.480 e. The van der Waals surface area contributed by atoms with Gasteiger partial charge >= 0.3 is 5.97 Å². The van der Waals surface area contributed by atoms with Crippen molar-refractivity contribution in [2.75, 3.05) is 26.2 Å². The number of hydrogen-bond donors (Lipinski definition) is 1. The number of likely N-dealkylation sites (tertiary alicyclic amines) is 1. The van der Waals surface area contributed by atoms with Gasteiger partial charge in [0.15, 0.2) is 0 Å². The van der Waals surface area contributed by atoms with Gasteiger partial charge in [-0.05, 0) is 25.8 Å². The number of unbranched alkanes of at least 4 members (excludes halogenated alkanes) is 1. The number of carbonyl (C=O) groups is 1. The number of nitriles is 1. The van der Waals surface area contributed by atoms with Crippen molar-refractivity contribution in [1.82, 2.24) is 4.90 Å². The van der Waals surface area contributed by atoms with E-state index in [0.29, 0.717) is 6.42 Å². The number of aliphatic carboxylic acids is 1. The summed E-state index contributed by atoms with van der Waals surface area (Å²) in [6, 6.07) is 2.13. The van der Waals surface area contributed by atoms with Gasteiger partial charge in [-0.3, -0.25) is 0 Å². The van der Waals surface area contributed by atoms with Crippen LogP contribution in [0.4, 0.5) is 0 Å². The third-order valence-electron chi connectivity index (χ3n) is 2.74. The zero-order chi connectivity index (χ0) is 11.8. The van der Waals surface area contributed by atoms with Crippen molar-refractivity contribution in [1.29, 1.82) is 5.26 Å². The minimum absolute atomic E-state index is 0.0864. The summed E-state index contributed by atoms with van der Waals surface area (Å²) in [5, 5.41) is 16.9. The molecule has 0 saturated carbocycles. The Labute approximate surface area is 95.6 Å². The van der Waals surface area contributed by atoms with Gasteiger partial charge in [0.1, 0.15) is 6.61 Å². The van der Waals surface area contributed by atoms with Crippen LogP contribution in [0.2, 0.25) is 0 Å². The van der Waals surface area contributed by atoms with Gasteiger partial charge in [0, 0.05) is 19.5 Å². The molecule has 0 spiro atoms. The van der Waals surface area contributed by atoms with E-state index in [1.165, 1.54) is 0 Å². The van der Waals surface area contributed by atoms with Crippen molar-refractivity contribution < 1.29 is 14.6 Å². The number of rotatable bonds is 6. The fourth-order valence-electron chi connectivity index (χ4n) is 1.87. The lowest BCUT2D eigenvalue weighted by Crippen LogP contribution is -2.38. The Morgan fingerprint density at radius 2 is 2.19 bits per heavy atom. The van der Waals surface area contributed by atoms with Crippen molar-refractivity contribution in [3.05, 3.63) is 0 Å². The molecule has 1 heterocycles. The van der Waals surface area contributed by atoms with Crippen molar-refractivity contribution in [2.45, 2.75) is 31.8 Å². The Morgan fingerprint density at radius 3 is 2.75 bits per heavy atom. The molecule has 0 aromatic rings. The average Bonchev–Trinajstić information content (AvgIpc) is 2.28. The van der Waals surface area contributed by atoms with E-state index in [-0.39, 0.29) is 12.7 Å². The first-order valence-electron chi connectivity index (χ1n) is 5.65. The summed E-state index contributed by atoms with van der Waals surface area (Å²) in [4.78, 5) is 12.6. The molecule has 1 fully saturated rings. The fourth-order valence-corrected chi connectivity index (χ4v) is 1.87. The Morgan fingerprint density at radius 1 is 1.50 bits per heavy atom. The van der Waals surface area contributed by atoms with Gasteiger partial charge in [0.05, 0.1) is 12.2 Å². The highest BCUT2D eigenvalue weighted by Gasteiger charge is 2.19. The fraction of sp³-hybridized carbons (Fsp3) is 0.818. The molecule has 16 heavy (non-hydrogen) atoms. The lowest BCUT2D eigenvalue weighted by atomic mass is 10.1. The standard InChI is InChI=1S/C11H18N2O3/c12-5-1-2-6-13-7-3-10(4-8-13)16-9-11(14)15/h10H,1-4,6-9H2,(H,14,15). The molecule has 0 aromatic carbocycles. The SMILES string of the molecule is N#CCCCN1CCC(OCC(=O)O)CC1. The topological polar surface area (TPSA) is 73.6 Å². The average molecular weight is 226 g/mol. The van der Waals surface area contributed by atoms with Crippen LogP contribution in [0.5, 0.6) is 0 Å². The summed E-state index contributed by atoms with van der Waals surface area (Å²) in [7, 11) is 0. The molecule has 0 aromatic heterocycles. The van der Waals surface area contributed by atoms with E-state index in [0.717, 1.165) is 38.9 Å². The largest absolute Gasteiger partial charge is 0.480 e. The van der Waals surface area contributed by atoms with Gasteiger partial charge in [-0.15, -0.1) is 0 Å². The molecule has 0 bridgehead atoms. The summed E-state index contributed by atoms with van der Waals surface area (Å²) in [5.41, 5.74) is 0. The Kier molecular flexibility index (Phi) is 5.83. The molecule has 0 radical (unpaired) electrons. The number of carboxylic acids is 1. The van der Waals surface area contributed by atoms with Gasteiger partial charge in [-0.1, -0.05) is 0 Å². The van der Waals surface area contributed by atoms with E-state index in [4.69, 9.17) is 15.1 Å². The Balaban J connectivity index is 2.09. The smallest absolute Gasteiger partial charge is 0.329 e. The molecule has 1 aliphatic heterocycles. The zero-order valence-electron chi connectivity index (χ0n) is 9.39. The third-order valence-corrected chi connectivity index (χ3v) is 2.74. The summed E-state index contributed by atoms with van der Waals surface area (Å²) in [5.74, 6) is -0.906. The molecule has 1 aliphatic rings. The van der Waals surface area contributed by atoms with Crippen molar-refractivity contribution >= 4 is 5.97 Å². The number of piperidine rings is 1. The lowest BCUT2D eigenvalue weighted by molar-refractivity contribution is -0.145. The van der Waals surface area contributed by atoms with E-state index in [9.17, 15) is 4.79 Å². The summed E-state index contributed by atoms with van der Waals surface area (Å²) >= 11 is 0. The van der Waals surface area contributed by atoms with E-state index in [2.05, 4.69) is 11.0 Å². The van der Waals surface area contributed by atoms with Gasteiger partial charge in [-0.25, -0.2) is 4.79 Å². The predicted octanol–water partition coefficient (Wildman–Crippen LogP) is 0.856. The molecule has 1 saturated heterocycles. The molecule has 0 atom stereocenters. The first-order valence-corrected chi connectivity index (χ1v) is 5.65. The molecule has 90 valence electrons. The van der Waals surface area contributed by atoms with Crippen LogP contribution in [0, 0.1) is 11.3 Å². The van der Waals surface area contributed by atoms with Crippen molar-refractivity contribution in [3.63, 3.8) is 0 Å². The number of hydrogen-bond acceptors (Lipinski definition) is 4. The molecule has 0 unspecified atom stereocenters. The van der Waals surface area contributed by atoms with Crippen LogP contribution < -0.4 is 0 Å². The molecular formula is C11H18N2O3. The number of nitrogens with zero attached hydrogens (tertiary/aromatic N) is 2. The molecular weight excluding hydrogens is 208 g/mol.